The Morgan fingerprint density at radius 1 is 1.06 bits per heavy atom. The Morgan fingerprint density at radius 3 is 2.65 bits per heavy atom. The average Bonchev–Trinajstić information content (AvgIpc) is 3.47. The van der Waals surface area contributed by atoms with Gasteiger partial charge in [0.15, 0.2) is 5.78 Å². The van der Waals surface area contributed by atoms with Crippen molar-refractivity contribution in [1.82, 2.24) is 0 Å². The number of allylic oxidation sites excluding steroid dienone is 2. The lowest BCUT2D eigenvalue weighted by molar-refractivity contribution is -0.151. The van der Waals surface area contributed by atoms with E-state index in [2.05, 4.69) is 45.9 Å². The zero-order chi connectivity index (χ0) is 21.2. The maximum absolute atomic E-state index is 13.7. The van der Waals surface area contributed by atoms with Gasteiger partial charge in [0.2, 0.25) is 0 Å². The monoisotopic (exact) mass is 420 g/mol. The van der Waals surface area contributed by atoms with Crippen molar-refractivity contribution in [3.8, 4) is 0 Å². The van der Waals surface area contributed by atoms with Crippen LogP contribution in [0.15, 0.2) is 47.0 Å². The molecule has 5 fully saturated rings. The van der Waals surface area contributed by atoms with Gasteiger partial charge in [-0.15, -0.1) is 0 Å². The summed E-state index contributed by atoms with van der Waals surface area (Å²) in [4.78, 5) is 13.7. The van der Waals surface area contributed by atoms with Crippen LogP contribution in [0.4, 0.5) is 0 Å². The summed E-state index contributed by atoms with van der Waals surface area (Å²) in [6.45, 7) is 9.67. The third-order valence-corrected chi connectivity index (χ3v) is 11.0. The van der Waals surface area contributed by atoms with E-state index < -0.39 is 16.4 Å². The molecule has 31 heavy (non-hydrogen) atoms. The fourth-order valence-electron chi connectivity index (χ4n) is 9.87. The van der Waals surface area contributed by atoms with E-state index in [9.17, 15) is 4.79 Å². The molecule has 0 N–H and O–H groups in total. The molecule has 3 saturated heterocycles. The van der Waals surface area contributed by atoms with E-state index in [1.54, 1.807) is 6.26 Å². The molecule has 2 saturated carbocycles. The van der Waals surface area contributed by atoms with Crippen LogP contribution in [-0.2, 0) is 19.0 Å². The van der Waals surface area contributed by atoms with Gasteiger partial charge in [-0.2, -0.15) is 0 Å². The number of furan rings is 1. The summed E-state index contributed by atoms with van der Waals surface area (Å²) in [6, 6.07) is 2.10. The predicted octanol–water partition coefficient (Wildman–Crippen LogP) is 4.15. The summed E-state index contributed by atoms with van der Waals surface area (Å²) in [5.41, 5.74) is -0.952. The molecule has 0 bridgehead atoms. The molecule has 162 valence electrons. The molecule has 0 radical (unpaired) electrons. The van der Waals surface area contributed by atoms with E-state index in [1.165, 1.54) is 5.56 Å². The maximum Gasteiger partial charge on any atom is 0.165 e. The molecule has 1 aromatic heterocycles. The topological polar surface area (TPSA) is 64.5 Å². The zero-order valence-electron chi connectivity index (χ0n) is 18.4. The van der Waals surface area contributed by atoms with Crippen molar-refractivity contribution in [1.29, 1.82) is 0 Å². The van der Waals surface area contributed by atoms with Crippen molar-refractivity contribution in [2.24, 2.45) is 27.6 Å². The highest BCUT2D eigenvalue weighted by atomic mass is 16.6. The van der Waals surface area contributed by atoms with Crippen LogP contribution < -0.4 is 0 Å². The van der Waals surface area contributed by atoms with Crippen molar-refractivity contribution in [3.05, 3.63) is 48.1 Å². The van der Waals surface area contributed by atoms with Crippen LogP contribution in [0.5, 0.6) is 0 Å². The second-order valence-electron chi connectivity index (χ2n) is 12.0. The minimum atomic E-state index is -0.642. The van der Waals surface area contributed by atoms with Gasteiger partial charge in [0.25, 0.3) is 0 Å². The highest BCUT2D eigenvalue weighted by Crippen LogP contribution is 2.87. The van der Waals surface area contributed by atoms with Gasteiger partial charge in [-0.25, -0.2) is 0 Å². The molecule has 7 aliphatic rings. The number of rotatable bonds is 1. The molecule has 0 unspecified atom stereocenters. The van der Waals surface area contributed by atoms with Gasteiger partial charge in [0, 0.05) is 16.7 Å². The van der Waals surface area contributed by atoms with Crippen molar-refractivity contribution in [3.63, 3.8) is 0 Å². The molecule has 4 heterocycles. The zero-order valence-corrected chi connectivity index (χ0v) is 18.4. The van der Waals surface area contributed by atoms with Crippen LogP contribution in [0, 0.1) is 27.6 Å². The Labute approximate surface area is 181 Å². The summed E-state index contributed by atoms with van der Waals surface area (Å²) in [5, 5.41) is 0. The number of carbonyl (C=O) groups excluding carboxylic acids is 1. The van der Waals surface area contributed by atoms with Crippen molar-refractivity contribution in [2.45, 2.75) is 69.9 Å². The molecule has 2 spiro atoms. The van der Waals surface area contributed by atoms with Gasteiger partial charge in [0.1, 0.15) is 11.2 Å². The lowest BCUT2D eigenvalue weighted by Gasteiger charge is -2.60. The Bertz CT molecular complexity index is 1130. The summed E-state index contributed by atoms with van der Waals surface area (Å²) in [7, 11) is 0. The molecule has 0 amide bonds. The van der Waals surface area contributed by atoms with Crippen LogP contribution in [-0.4, -0.2) is 35.8 Å². The number of carbonyl (C=O) groups is 1. The molecule has 10 atom stereocenters. The van der Waals surface area contributed by atoms with Gasteiger partial charge in [-0.1, -0.05) is 26.8 Å². The predicted molar refractivity (Wildman–Crippen MR) is 110 cm³/mol. The quantitative estimate of drug-likeness (QED) is 0.639. The molecule has 8 rings (SSSR count). The molecule has 4 aliphatic carbocycles. The van der Waals surface area contributed by atoms with Gasteiger partial charge in [-0.05, 0) is 49.5 Å². The standard InChI is InChI=1S/C26H28O5/c1-21-7-5-17(27)24(4)20(21)16(29-13-21)10-23(3)25-18(30-25)9-15(14-6-8-28-12-14)22(25,2)11-19-26(23,24)31-19/h5-8,10,12,15,18-20H,9,11,13H2,1-4H3/t15-,18-,19+,20+,21-,22+,23+,24+,25-,26+/m1/s1. The van der Waals surface area contributed by atoms with Crippen molar-refractivity contribution >= 4 is 5.78 Å². The highest BCUT2D eigenvalue weighted by molar-refractivity contribution is 5.99. The summed E-state index contributed by atoms with van der Waals surface area (Å²) in [5.74, 6) is 1.55. The third-order valence-electron chi connectivity index (χ3n) is 11.0. The Kier molecular flexibility index (Phi) is 2.55. The first-order chi connectivity index (χ1) is 14.7. The Hall–Kier alpha value is -1.85. The highest BCUT2D eigenvalue weighted by Gasteiger charge is 2.96. The lowest BCUT2D eigenvalue weighted by Crippen LogP contribution is -2.70. The summed E-state index contributed by atoms with van der Waals surface area (Å²) >= 11 is 0. The Morgan fingerprint density at radius 2 is 1.87 bits per heavy atom. The van der Waals surface area contributed by atoms with Crippen molar-refractivity contribution in [2.75, 3.05) is 6.61 Å². The van der Waals surface area contributed by atoms with E-state index in [1.807, 2.05) is 12.3 Å². The largest absolute Gasteiger partial charge is 0.497 e. The average molecular weight is 421 g/mol. The normalized spacial score (nSPS) is 61.4. The van der Waals surface area contributed by atoms with Gasteiger partial charge >= 0.3 is 0 Å². The lowest BCUT2D eigenvalue weighted by atomic mass is 9.38. The molecular weight excluding hydrogens is 392 g/mol. The first-order valence-corrected chi connectivity index (χ1v) is 11.6. The summed E-state index contributed by atoms with van der Waals surface area (Å²) < 4.78 is 25.3. The van der Waals surface area contributed by atoms with Crippen LogP contribution in [0.1, 0.15) is 52.0 Å². The van der Waals surface area contributed by atoms with Crippen LogP contribution >= 0.6 is 0 Å². The van der Waals surface area contributed by atoms with E-state index in [0.717, 1.165) is 18.6 Å². The van der Waals surface area contributed by atoms with Crippen molar-refractivity contribution < 1.29 is 23.4 Å². The third kappa shape index (κ3) is 1.40. The van der Waals surface area contributed by atoms with E-state index in [4.69, 9.17) is 18.6 Å². The minimum absolute atomic E-state index is 0.0274. The number of ketones is 1. The van der Waals surface area contributed by atoms with Crippen LogP contribution in [0.25, 0.3) is 0 Å². The molecule has 5 nitrogen and oxygen atoms in total. The number of hydrogen-bond acceptors (Lipinski definition) is 5. The molecule has 0 aromatic carbocycles. The molecule has 1 aromatic rings. The number of ether oxygens (including phenoxy) is 3. The summed E-state index contributed by atoms with van der Waals surface area (Å²) in [6.07, 6.45) is 12.0. The van der Waals surface area contributed by atoms with Gasteiger partial charge in [-0.3, -0.25) is 4.79 Å². The molecular formula is C26H28O5. The van der Waals surface area contributed by atoms with Crippen LogP contribution in [0.3, 0.4) is 0 Å². The SMILES string of the molecule is C[C@@]12C=C3OC[C@@]4(C)C=CC(=O)[C@@](C)([C@@H]34)[C@@]13O[C@H]3C[C@@]1(C)[C@@H](c3ccoc3)C[C@H]3O[C@@]321. The van der Waals surface area contributed by atoms with E-state index >= 15 is 0 Å². The Balaban J connectivity index is 1.38. The molecule has 5 heteroatoms. The number of epoxide rings is 2. The fraction of sp³-hybridized carbons (Fsp3) is 0.654. The second-order valence-corrected chi connectivity index (χ2v) is 12.0. The fourth-order valence-corrected chi connectivity index (χ4v) is 9.87. The second kappa shape index (κ2) is 4.47. The maximum atomic E-state index is 13.7. The smallest absolute Gasteiger partial charge is 0.165 e. The van der Waals surface area contributed by atoms with Crippen LogP contribution in [0.2, 0.25) is 0 Å². The molecule has 3 aliphatic heterocycles. The first kappa shape index (κ1) is 17.7. The minimum Gasteiger partial charge on any atom is -0.497 e. The van der Waals surface area contributed by atoms with Gasteiger partial charge in [0.05, 0.1) is 47.9 Å². The van der Waals surface area contributed by atoms with E-state index in [0.29, 0.717) is 12.5 Å². The van der Waals surface area contributed by atoms with E-state index in [-0.39, 0.29) is 40.3 Å². The first-order valence-electron chi connectivity index (χ1n) is 11.6. The number of hydrogen-bond donors (Lipinski definition) is 0. The van der Waals surface area contributed by atoms with Gasteiger partial charge < -0.3 is 18.6 Å².